The third kappa shape index (κ3) is 4.97. The maximum Gasteiger partial charge on any atom is 0.0799 e. The summed E-state index contributed by atoms with van der Waals surface area (Å²) in [6.07, 6.45) is 11.8. The van der Waals surface area contributed by atoms with Gasteiger partial charge in [0.2, 0.25) is 0 Å². The lowest BCUT2D eigenvalue weighted by atomic mass is 9.95. The van der Waals surface area contributed by atoms with Crippen molar-refractivity contribution in [3.05, 3.63) is 0 Å². The van der Waals surface area contributed by atoms with Gasteiger partial charge >= 0.3 is 0 Å². The highest BCUT2D eigenvalue weighted by atomic mass is 16.3. The number of aliphatic hydroxyl groups excluding tert-OH is 2. The van der Waals surface area contributed by atoms with Crippen molar-refractivity contribution >= 4 is 0 Å². The van der Waals surface area contributed by atoms with Crippen molar-refractivity contribution in [1.82, 2.24) is 0 Å². The van der Waals surface area contributed by atoms with E-state index < -0.39 is 12.2 Å². The summed E-state index contributed by atoms with van der Waals surface area (Å²) >= 11 is 0. The van der Waals surface area contributed by atoms with E-state index in [0.29, 0.717) is 0 Å². The van der Waals surface area contributed by atoms with Gasteiger partial charge in [-0.2, -0.15) is 0 Å². The molecule has 0 aliphatic heterocycles. The van der Waals surface area contributed by atoms with E-state index in [9.17, 15) is 0 Å². The molecule has 0 spiro atoms. The van der Waals surface area contributed by atoms with Gasteiger partial charge in [-0.25, -0.2) is 0 Å². The van der Waals surface area contributed by atoms with Crippen LogP contribution in [0, 0.1) is 0 Å². The first-order chi connectivity index (χ1) is 6.80. The van der Waals surface area contributed by atoms with Crippen molar-refractivity contribution in [3.8, 4) is 0 Å². The molecule has 0 amide bonds. The molecule has 0 radical (unpaired) electrons. The first-order valence-electron chi connectivity index (χ1n) is 6.17. The highest BCUT2D eigenvalue weighted by molar-refractivity contribution is 4.72. The molecule has 2 saturated carbocycles. The summed E-state index contributed by atoms with van der Waals surface area (Å²) < 4.78 is 0. The van der Waals surface area contributed by atoms with Crippen molar-refractivity contribution in [3.63, 3.8) is 0 Å². The smallest absolute Gasteiger partial charge is 0.0799 e. The molecular weight excluding hydrogens is 176 g/mol. The molecule has 0 saturated heterocycles. The summed E-state index contributed by atoms with van der Waals surface area (Å²) in [6.45, 7) is 0. The quantitative estimate of drug-likeness (QED) is 0.631. The molecule has 0 aromatic rings. The van der Waals surface area contributed by atoms with Crippen LogP contribution in [0.25, 0.3) is 0 Å². The van der Waals surface area contributed by atoms with E-state index in [4.69, 9.17) is 10.2 Å². The van der Waals surface area contributed by atoms with Gasteiger partial charge in [-0.1, -0.05) is 51.4 Å². The molecular formula is C12H24O2. The fraction of sp³-hybridized carbons (Fsp3) is 1.00. The molecule has 2 N–H and O–H groups in total. The zero-order valence-corrected chi connectivity index (χ0v) is 9.12. The summed E-state index contributed by atoms with van der Waals surface area (Å²) in [6, 6.07) is 0. The van der Waals surface area contributed by atoms with Crippen LogP contribution in [0.2, 0.25) is 0 Å². The summed E-state index contributed by atoms with van der Waals surface area (Å²) in [7, 11) is 0. The predicted molar refractivity (Wildman–Crippen MR) is 58.2 cm³/mol. The highest BCUT2D eigenvalue weighted by Crippen LogP contribution is 2.17. The van der Waals surface area contributed by atoms with Crippen molar-refractivity contribution in [2.24, 2.45) is 0 Å². The predicted octanol–water partition coefficient (Wildman–Crippen LogP) is 2.62. The lowest BCUT2D eigenvalue weighted by Crippen LogP contribution is -2.28. The van der Waals surface area contributed by atoms with Gasteiger partial charge in [0.1, 0.15) is 0 Å². The molecule has 84 valence electrons. The third-order valence-electron chi connectivity index (χ3n) is 3.19. The first kappa shape index (κ1) is 12.0. The van der Waals surface area contributed by atoms with Gasteiger partial charge in [0.05, 0.1) is 12.2 Å². The van der Waals surface area contributed by atoms with E-state index in [2.05, 4.69) is 0 Å². The Balaban J connectivity index is 0.000000146. The van der Waals surface area contributed by atoms with Crippen LogP contribution in [0.3, 0.4) is 0 Å². The SMILES string of the molecule is C1CCCCC1.OC1CCCCC1O. The van der Waals surface area contributed by atoms with Crippen LogP contribution in [-0.2, 0) is 0 Å². The minimum atomic E-state index is -0.441. The van der Waals surface area contributed by atoms with Crippen molar-refractivity contribution < 1.29 is 10.2 Å². The lowest BCUT2D eigenvalue weighted by Gasteiger charge is -2.22. The zero-order valence-electron chi connectivity index (χ0n) is 9.12. The average Bonchev–Trinajstić information content (AvgIpc) is 2.26. The Morgan fingerprint density at radius 2 is 0.786 bits per heavy atom. The maximum atomic E-state index is 8.93. The van der Waals surface area contributed by atoms with Gasteiger partial charge in [-0.15, -0.1) is 0 Å². The second-order valence-electron chi connectivity index (χ2n) is 4.54. The molecule has 2 heteroatoms. The van der Waals surface area contributed by atoms with Crippen LogP contribution in [0.15, 0.2) is 0 Å². The van der Waals surface area contributed by atoms with Crippen LogP contribution < -0.4 is 0 Å². The maximum absolute atomic E-state index is 8.93. The lowest BCUT2D eigenvalue weighted by molar-refractivity contribution is -0.00865. The zero-order chi connectivity index (χ0) is 10.2. The summed E-state index contributed by atoms with van der Waals surface area (Å²) in [5.41, 5.74) is 0. The number of hydrogen-bond donors (Lipinski definition) is 2. The molecule has 2 unspecified atom stereocenters. The van der Waals surface area contributed by atoms with Gasteiger partial charge < -0.3 is 10.2 Å². The molecule has 2 aliphatic rings. The van der Waals surface area contributed by atoms with Crippen LogP contribution in [0.1, 0.15) is 64.2 Å². The minimum Gasteiger partial charge on any atom is -0.390 e. The molecule has 2 atom stereocenters. The molecule has 0 aromatic heterocycles. The van der Waals surface area contributed by atoms with Crippen LogP contribution >= 0.6 is 0 Å². The average molecular weight is 200 g/mol. The van der Waals surface area contributed by atoms with E-state index in [1.54, 1.807) is 0 Å². The summed E-state index contributed by atoms with van der Waals surface area (Å²) in [5.74, 6) is 0. The summed E-state index contributed by atoms with van der Waals surface area (Å²) in [4.78, 5) is 0. The van der Waals surface area contributed by atoms with Gasteiger partial charge in [-0.05, 0) is 12.8 Å². The Morgan fingerprint density at radius 1 is 0.500 bits per heavy atom. The molecule has 2 rings (SSSR count). The Hall–Kier alpha value is -0.0800. The van der Waals surface area contributed by atoms with E-state index in [1.807, 2.05) is 0 Å². The second kappa shape index (κ2) is 7.24. The fourth-order valence-electron chi connectivity index (χ4n) is 2.15. The Kier molecular flexibility index (Phi) is 6.20. The normalized spacial score (nSPS) is 33.0. The first-order valence-corrected chi connectivity index (χ1v) is 6.17. The van der Waals surface area contributed by atoms with Gasteiger partial charge in [0, 0.05) is 0 Å². The molecule has 0 heterocycles. The Bertz CT molecular complexity index is 111. The van der Waals surface area contributed by atoms with Crippen molar-refractivity contribution in [2.75, 3.05) is 0 Å². The molecule has 2 fully saturated rings. The van der Waals surface area contributed by atoms with E-state index >= 15 is 0 Å². The largest absolute Gasteiger partial charge is 0.390 e. The van der Waals surface area contributed by atoms with E-state index in [0.717, 1.165) is 25.7 Å². The molecule has 2 nitrogen and oxygen atoms in total. The van der Waals surface area contributed by atoms with Gasteiger partial charge in [-0.3, -0.25) is 0 Å². The minimum absolute atomic E-state index is 0.441. The summed E-state index contributed by atoms with van der Waals surface area (Å²) in [5, 5.41) is 17.9. The van der Waals surface area contributed by atoms with Gasteiger partial charge in [0.25, 0.3) is 0 Å². The van der Waals surface area contributed by atoms with E-state index in [1.165, 1.54) is 38.5 Å². The number of aliphatic hydroxyl groups is 2. The molecule has 0 aromatic carbocycles. The van der Waals surface area contributed by atoms with Crippen molar-refractivity contribution in [1.29, 1.82) is 0 Å². The van der Waals surface area contributed by atoms with Crippen molar-refractivity contribution in [2.45, 2.75) is 76.4 Å². The monoisotopic (exact) mass is 200 g/mol. The van der Waals surface area contributed by atoms with Crippen LogP contribution in [-0.4, -0.2) is 22.4 Å². The highest BCUT2D eigenvalue weighted by Gasteiger charge is 2.19. The second-order valence-corrected chi connectivity index (χ2v) is 4.54. The third-order valence-corrected chi connectivity index (χ3v) is 3.19. The molecule has 14 heavy (non-hydrogen) atoms. The Labute approximate surface area is 87.3 Å². The van der Waals surface area contributed by atoms with Crippen LogP contribution in [0.4, 0.5) is 0 Å². The standard InChI is InChI=1S/C6H12O2.C6H12/c7-5-3-1-2-4-6(5)8;1-2-4-6-5-3-1/h5-8H,1-4H2;1-6H2. The topological polar surface area (TPSA) is 40.5 Å². The molecule has 2 aliphatic carbocycles. The van der Waals surface area contributed by atoms with Crippen LogP contribution in [0.5, 0.6) is 0 Å². The van der Waals surface area contributed by atoms with E-state index in [-0.39, 0.29) is 0 Å². The van der Waals surface area contributed by atoms with Gasteiger partial charge in [0.15, 0.2) is 0 Å². The Morgan fingerprint density at radius 3 is 1.00 bits per heavy atom. The number of hydrogen-bond acceptors (Lipinski definition) is 2. The number of rotatable bonds is 0. The molecule has 0 bridgehead atoms. The fourth-order valence-corrected chi connectivity index (χ4v) is 2.15.